The molecule has 0 unspecified atom stereocenters. The number of carboxylic acid groups (broad SMARTS) is 1. The molecule has 0 aliphatic heterocycles. The Labute approximate surface area is 177 Å². The summed E-state index contributed by atoms with van der Waals surface area (Å²) in [5, 5.41) is 13.0. The van der Waals surface area contributed by atoms with Crippen LogP contribution in [0, 0.1) is 0 Å². The lowest BCUT2D eigenvalue weighted by atomic mass is 10.0. The zero-order valence-corrected chi connectivity index (χ0v) is 17.4. The molecule has 2 N–H and O–H groups in total. The molecular weight excluding hydrogens is 410 g/mol. The van der Waals surface area contributed by atoms with E-state index in [0.29, 0.717) is 5.02 Å². The number of amides is 1. The Hall–Kier alpha value is -3.39. The number of benzene rings is 1. The smallest absolute Gasteiger partial charge is 0.341 e. The molecule has 0 bridgehead atoms. The first-order valence-electron chi connectivity index (χ1n) is 9.14. The molecule has 0 fully saturated rings. The molecule has 9 heteroatoms. The van der Waals surface area contributed by atoms with E-state index in [1.54, 1.807) is 38.2 Å². The van der Waals surface area contributed by atoms with Crippen molar-refractivity contribution in [1.29, 1.82) is 0 Å². The molecule has 0 radical (unpaired) electrons. The number of nitrogens with one attached hydrogen (secondary N) is 1. The lowest BCUT2D eigenvalue weighted by Crippen LogP contribution is -2.30. The Morgan fingerprint density at radius 2 is 1.93 bits per heavy atom. The van der Waals surface area contributed by atoms with Crippen LogP contribution in [0.1, 0.15) is 38.8 Å². The maximum Gasteiger partial charge on any atom is 0.341 e. The van der Waals surface area contributed by atoms with Crippen molar-refractivity contribution in [3.8, 4) is 5.88 Å². The van der Waals surface area contributed by atoms with Crippen LogP contribution in [-0.2, 0) is 20.0 Å². The summed E-state index contributed by atoms with van der Waals surface area (Å²) >= 11 is 5.86. The van der Waals surface area contributed by atoms with Crippen molar-refractivity contribution in [3.05, 3.63) is 68.0 Å². The minimum absolute atomic E-state index is 0.0817. The Balaban J connectivity index is 2.11. The predicted octanol–water partition coefficient (Wildman–Crippen LogP) is 2.79. The van der Waals surface area contributed by atoms with E-state index in [1.165, 1.54) is 17.9 Å². The molecule has 8 nitrogen and oxygen atoms in total. The molecule has 1 aromatic carbocycles. The number of aromatic nitrogens is 2. The van der Waals surface area contributed by atoms with Crippen molar-refractivity contribution in [2.75, 3.05) is 7.11 Å². The van der Waals surface area contributed by atoms with E-state index in [-0.39, 0.29) is 46.6 Å². The van der Waals surface area contributed by atoms with Crippen LogP contribution >= 0.6 is 11.6 Å². The number of ether oxygens (including phenoxy) is 1. The second kappa shape index (κ2) is 8.54. The number of aromatic carboxylic acids is 1. The molecule has 0 spiro atoms. The first-order valence-corrected chi connectivity index (χ1v) is 9.52. The summed E-state index contributed by atoms with van der Waals surface area (Å²) in [6.45, 7) is 1.94. The van der Waals surface area contributed by atoms with Crippen LogP contribution in [0.3, 0.4) is 0 Å². The number of halogens is 1. The monoisotopic (exact) mass is 429 g/mol. The Morgan fingerprint density at radius 3 is 2.50 bits per heavy atom. The van der Waals surface area contributed by atoms with E-state index in [4.69, 9.17) is 16.3 Å². The molecule has 2 aromatic heterocycles. The molecule has 0 saturated heterocycles. The topological polar surface area (TPSA) is 111 Å². The van der Waals surface area contributed by atoms with E-state index in [9.17, 15) is 19.5 Å². The summed E-state index contributed by atoms with van der Waals surface area (Å²) in [7, 11) is 2.95. The average Bonchev–Trinajstić information content (AvgIpc) is 2.73. The number of carboxylic acids is 1. The largest absolute Gasteiger partial charge is 0.480 e. The second-order valence-corrected chi connectivity index (χ2v) is 7.06. The van der Waals surface area contributed by atoms with Gasteiger partial charge in [0, 0.05) is 24.8 Å². The zero-order valence-electron chi connectivity index (χ0n) is 16.7. The fourth-order valence-corrected chi connectivity index (χ4v) is 3.43. The summed E-state index contributed by atoms with van der Waals surface area (Å²) < 4.78 is 6.64. The van der Waals surface area contributed by atoms with Gasteiger partial charge >= 0.3 is 5.97 Å². The third-order valence-electron chi connectivity index (χ3n) is 4.75. The van der Waals surface area contributed by atoms with Gasteiger partial charge in [-0.2, -0.15) is 4.98 Å². The number of methoxy groups -OCH3 is 1. The Morgan fingerprint density at radius 1 is 1.27 bits per heavy atom. The number of carbonyl (C=O) groups excluding carboxylic acids is 1. The van der Waals surface area contributed by atoms with Gasteiger partial charge in [0.15, 0.2) is 0 Å². The first-order chi connectivity index (χ1) is 14.3. The van der Waals surface area contributed by atoms with E-state index in [1.807, 2.05) is 0 Å². The standard InChI is InChI=1S/C21H20ClN3O5/c1-4-13-15-17(26)14(19(27)23-9-11-5-7-12(22)8-6-11)10-25(2)18(15)24-20(30-3)16(13)21(28)29/h5-8,10H,4,9H2,1-3H3,(H,23,27)(H,28,29). The predicted molar refractivity (Wildman–Crippen MR) is 112 cm³/mol. The van der Waals surface area contributed by atoms with Gasteiger partial charge < -0.3 is 19.7 Å². The van der Waals surface area contributed by atoms with Gasteiger partial charge in [0.1, 0.15) is 16.8 Å². The van der Waals surface area contributed by atoms with E-state index >= 15 is 0 Å². The van der Waals surface area contributed by atoms with Gasteiger partial charge in [0.25, 0.3) is 5.91 Å². The van der Waals surface area contributed by atoms with Crippen molar-refractivity contribution in [1.82, 2.24) is 14.9 Å². The molecule has 3 aromatic rings. The minimum atomic E-state index is -1.25. The van der Waals surface area contributed by atoms with E-state index < -0.39 is 17.3 Å². The van der Waals surface area contributed by atoms with Crippen LogP contribution < -0.4 is 15.5 Å². The maximum atomic E-state index is 13.2. The van der Waals surface area contributed by atoms with Crippen LogP contribution in [-0.4, -0.2) is 33.6 Å². The highest BCUT2D eigenvalue weighted by atomic mass is 35.5. The van der Waals surface area contributed by atoms with Crippen LogP contribution in [0.4, 0.5) is 0 Å². The third kappa shape index (κ3) is 3.86. The number of nitrogens with zero attached hydrogens (tertiary/aromatic N) is 2. The van der Waals surface area contributed by atoms with E-state index in [0.717, 1.165) is 5.56 Å². The minimum Gasteiger partial charge on any atom is -0.480 e. The quantitative estimate of drug-likeness (QED) is 0.623. The number of aryl methyl sites for hydroxylation is 2. The van der Waals surface area contributed by atoms with Gasteiger partial charge in [-0.05, 0) is 29.7 Å². The lowest BCUT2D eigenvalue weighted by Gasteiger charge is -2.15. The molecule has 0 atom stereocenters. The van der Waals surface area contributed by atoms with Crippen LogP contribution in [0.15, 0.2) is 35.3 Å². The Bertz CT molecular complexity index is 1200. The molecule has 0 saturated carbocycles. The van der Waals surface area contributed by atoms with Crippen LogP contribution in [0.25, 0.3) is 11.0 Å². The van der Waals surface area contributed by atoms with Crippen molar-refractivity contribution in [3.63, 3.8) is 0 Å². The normalized spacial score (nSPS) is 10.8. The Kier molecular flexibility index (Phi) is 6.07. The number of pyridine rings is 2. The molecule has 30 heavy (non-hydrogen) atoms. The van der Waals surface area contributed by atoms with Crippen LogP contribution in [0.5, 0.6) is 5.88 Å². The number of rotatable bonds is 6. The summed E-state index contributed by atoms with van der Waals surface area (Å²) in [5.41, 5.74) is 0.482. The number of hydrogen-bond acceptors (Lipinski definition) is 5. The fraction of sp³-hybridized carbons (Fsp3) is 0.238. The molecule has 3 rings (SSSR count). The van der Waals surface area contributed by atoms with Gasteiger partial charge in [-0.15, -0.1) is 0 Å². The van der Waals surface area contributed by atoms with Gasteiger partial charge in [-0.25, -0.2) is 4.79 Å². The molecular formula is C21H20ClN3O5. The zero-order chi connectivity index (χ0) is 22.0. The summed E-state index contributed by atoms with van der Waals surface area (Å²) in [4.78, 5) is 41.9. The fourth-order valence-electron chi connectivity index (χ4n) is 3.30. The highest BCUT2D eigenvalue weighted by molar-refractivity contribution is 6.30. The summed E-state index contributed by atoms with van der Waals surface area (Å²) in [6, 6.07) is 6.95. The first kappa shape index (κ1) is 21.3. The maximum absolute atomic E-state index is 13.2. The lowest BCUT2D eigenvalue weighted by molar-refractivity contribution is 0.0691. The third-order valence-corrected chi connectivity index (χ3v) is 5.00. The highest BCUT2D eigenvalue weighted by Crippen LogP contribution is 2.27. The van der Waals surface area contributed by atoms with Crippen LogP contribution in [0.2, 0.25) is 5.02 Å². The van der Waals surface area contributed by atoms with Gasteiger partial charge in [0.05, 0.1) is 12.5 Å². The van der Waals surface area contributed by atoms with Crippen molar-refractivity contribution >= 4 is 34.5 Å². The highest BCUT2D eigenvalue weighted by Gasteiger charge is 2.25. The van der Waals surface area contributed by atoms with Crippen molar-refractivity contribution < 1.29 is 19.4 Å². The number of fused-ring (bicyclic) bond motifs is 1. The molecule has 1 amide bonds. The van der Waals surface area contributed by atoms with Gasteiger partial charge in [0.2, 0.25) is 11.3 Å². The van der Waals surface area contributed by atoms with Gasteiger partial charge in [-0.1, -0.05) is 30.7 Å². The molecule has 0 aliphatic rings. The van der Waals surface area contributed by atoms with Crippen molar-refractivity contribution in [2.24, 2.45) is 7.05 Å². The SMILES string of the molecule is CCc1c(C(=O)O)c(OC)nc2c1c(=O)c(C(=O)NCc1ccc(Cl)cc1)cn2C. The molecule has 2 heterocycles. The summed E-state index contributed by atoms with van der Waals surface area (Å²) in [6.07, 6.45) is 1.64. The average molecular weight is 430 g/mol. The van der Waals surface area contributed by atoms with Gasteiger partial charge in [-0.3, -0.25) is 9.59 Å². The molecule has 0 aliphatic carbocycles. The number of carbonyl (C=O) groups is 2. The second-order valence-electron chi connectivity index (χ2n) is 6.62. The number of hydrogen-bond donors (Lipinski definition) is 2. The van der Waals surface area contributed by atoms with Crippen molar-refractivity contribution in [2.45, 2.75) is 19.9 Å². The molecule has 156 valence electrons. The summed E-state index contributed by atoms with van der Waals surface area (Å²) in [5.74, 6) is -1.90. The van der Waals surface area contributed by atoms with E-state index in [2.05, 4.69) is 10.3 Å².